The summed E-state index contributed by atoms with van der Waals surface area (Å²) in [5.74, 6) is -0.0477. The van der Waals surface area contributed by atoms with Crippen LogP contribution in [0.5, 0.6) is 5.75 Å². The standard InChI is InChI=1S/C23H19F3N2O4/c24-23(25,26)16-7-6-8-17(15-16)27-22(30)28-20-12-5-4-11-19(20)21(29)32-14-13-31-18-9-2-1-3-10-18/h1-12,15H,13-14H2,(H2,27,28,30). The Balaban J connectivity index is 1.57. The molecule has 0 heterocycles. The van der Waals surface area contributed by atoms with E-state index in [1.807, 2.05) is 18.2 Å². The lowest BCUT2D eigenvalue weighted by atomic mass is 10.2. The van der Waals surface area contributed by atoms with Gasteiger partial charge in [0, 0.05) is 5.69 Å². The summed E-state index contributed by atoms with van der Waals surface area (Å²) in [6.07, 6.45) is -4.53. The molecule has 0 fully saturated rings. The number of hydrogen-bond donors (Lipinski definition) is 2. The van der Waals surface area contributed by atoms with Crippen molar-refractivity contribution >= 4 is 23.4 Å². The smallest absolute Gasteiger partial charge is 0.416 e. The molecule has 9 heteroatoms. The van der Waals surface area contributed by atoms with Crippen molar-refractivity contribution in [2.45, 2.75) is 6.18 Å². The van der Waals surface area contributed by atoms with Crippen LogP contribution in [0.2, 0.25) is 0 Å². The van der Waals surface area contributed by atoms with Crippen LogP contribution in [0, 0.1) is 0 Å². The molecular weight excluding hydrogens is 425 g/mol. The predicted octanol–water partition coefficient (Wildman–Crippen LogP) is 5.59. The molecule has 3 aromatic rings. The van der Waals surface area contributed by atoms with Gasteiger partial charge in [0.15, 0.2) is 0 Å². The van der Waals surface area contributed by atoms with Gasteiger partial charge in [-0.15, -0.1) is 0 Å². The van der Waals surface area contributed by atoms with Crippen molar-refractivity contribution < 1.29 is 32.2 Å². The molecule has 0 saturated heterocycles. The van der Waals surface area contributed by atoms with Crippen molar-refractivity contribution in [1.29, 1.82) is 0 Å². The number of rotatable bonds is 7. The van der Waals surface area contributed by atoms with Crippen molar-refractivity contribution in [3.63, 3.8) is 0 Å². The van der Waals surface area contributed by atoms with E-state index in [4.69, 9.17) is 9.47 Å². The third kappa shape index (κ3) is 6.49. The quantitative estimate of drug-likeness (QED) is 0.368. The number of alkyl halides is 3. The fourth-order valence-electron chi connectivity index (χ4n) is 2.72. The number of benzene rings is 3. The van der Waals surface area contributed by atoms with Gasteiger partial charge in [0.1, 0.15) is 19.0 Å². The van der Waals surface area contributed by atoms with Gasteiger partial charge in [-0.25, -0.2) is 9.59 Å². The topological polar surface area (TPSA) is 76.7 Å². The van der Waals surface area contributed by atoms with Gasteiger partial charge in [0.05, 0.1) is 16.8 Å². The Bertz CT molecular complexity index is 1070. The summed E-state index contributed by atoms with van der Waals surface area (Å²) < 4.78 is 49.1. The third-order valence-corrected chi connectivity index (χ3v) is 4.17. The number of nitrogens with one attached hydrogen (secondary N) is 2. The highest BCUT2D eigenvalue weighted by Gasteiger charge is 2.30. The number of esters is 1. The summed E-state index contributed by atoms with van der Waals surface area (Å²) in [7, 11) is 0. The lowest BCUT2D eigenvalue weighted by Gasteiger charge is -2.13. The Hall–Kier alpha value is -4.01. The largest absolute Gasteiger partial charge is 0.490 e. The minimum atomic E-state index is -4.53. The molecule has 0 unspecified atom stereocenters. The molecule has 2 N–H and O–H groups in total. The van der Waals surface area contributed by atoms with Crippen molar-refractivity contribution in [3.05, 3.63) is 90.0 Å². The zero-order chi connectivity index (χ0) is 23.0. The molecule has 0 bridgehead atoms. The van der Waals surface area contributed by atoms with Crippen LogP contribution in [-0.2, 0) is 10.9 Å². The second-order valence-corrected chi connectivity index (χ2v) is 6.50. The first kappa shape index (κ1) is 22.7. The fourth-order valence-corrected chi connectivity index (χ4v) is 2.72. The Labute approximate surface area is 182 Å². The van der Waals surface area contributed by atoms with E-state index in [1.165, 1.54) is 24.3 Å². The molecule has 6 nitrogen and oxygen atoms in total. The highest BCUT2D eigenvalue weighted by Crippen LogP contribution is 2.30. The summed E-state index contributed by atoms with van der Waals surface area (Å²) in [5.41, 5.74) is -0.704. The van der Waals surface area contributed by atoms with Crippen LogP contribution in [0.3, 0.4) is 0 Å². The SMILES string of the molecule is O=C(Nc1cccc(C(F)(F)F)c1)Nc1ccccc1C(=O)OCCOc1ccccc1. The predicted molar refractivity (Wildman–Crippen MR) is 113 cm³/mol. The molecule has 0 spiro atoms. The maximum absolute atomic E-state index is 12.8. The van der Waals surface area contributed by atoms with E-state index in [-0.39, 0.29) is 30.2 Å². The van der Waals surface area contributed by atoms with Crippen LogP contribution < -0.4 is 15.4 Å². The van der Waals surface area contributed by atoms with Crippen LogP contribution in [0.25, 0.3) is 0 Å². The summed E-state index contributed by atoms with van der Waals surface area (Å²) in [4.78, 5) is 24.7. The Morgan fingerprint density at radius 3 is 2.28 bits per heavy atom. The monoisotopic (exact) mass is 444 g/mol. The molecule has 166 valence electrons. The molecule has 32 heavy (non-hydrogen) atoms. The molecule has 3 aromatic carbocycles. The number of halogens is 3. The van der Waals surface area contributed by atoms with E-state index in [2.05, 4.69) is 10.6 Å². The van der Waals surface area contributed by atoms with Gasteiger partial charge in [-0.3, -0.25) is 0 Å². The van der Waals surface area contributed by atoms with Crippen LogP contribution in [0.15, 0.2) is 78.9 Å². The van der Waals surface area contributed by atoms with Gasteiger partial charge < -0.3 is 20.1 Å². The number of ether oxygens (including phenoxy) is 2. The first-order valence-electron chi connectivity index (χ1n) is 9.52. The molecule has 0 saturated carbocycles. The number of urea groups is 1. The fraction of sp³-hybridized carbons (Fsp3) is 0.130. The summed E-state index contributed by atoms with van der Waals surface area (Å²) in [5, 5.41) is 4.77. The molecule has 0 aliphatic carbocycles. The number of amides is 2. The van der Waals surface area contributed by atoms with Gasteiger partial charge in [-0.05, 0) is 42.5 Å². The molecule has 0 radical (unpaired) electrons. The number of anilines is 2. The van der Waals surface area contributed by atoms with E-state index < -0.39 is 23.7 Å². The van der Waals surface area contributed by atoms with Crippen molar-refractivity contribution in [1.82, 2.24) is 0 Å². The van der Waals surface area contributed by atoms with Gasteiger partial charge in [-0.1, -0.05) is 36.4 Å². The minimum absolute atomic E-state index is 0.0154. The van der Waals surface area contributed by atoms with Crippen LogP contribution in [0.4, 0.5) is 29.3 Å². The summed E-state index contributed by atoms with van der Waals surface area (Å²) in [6.45, 7) is 0.125. The number of para-hydroxylation sites is 2. The van der Waals surface area contributed by atoms with Crippen molar-refractivity contribution in [2.24, 2.45) is 0 Å². The first-order valence-corrected chi connectivity index (χ1v) is 9.52. The van der Waals surface area contributed by atoms with E-state index >= 15 is 0 Å². The average Bonchev–Trinajstić information content (AvgIpc) is 2.77. The highest BCUT2D eigenvalue weighted by atomic mass is 19.4. The minimum Gasteiger partial charge on any atom is -0.490 e. The van der Waals surface area contributed by atoms with Crippen molar-refractivity contribution in [3.8, 4) is 5.75 Å². The lowest BCUT2D eigenvalue weighted by molar-refractivity contribution is -0.137. The maximum Gasteiger partial charge on any atom is 0.416 e. The van der Waals surface area contributed by atoms with E-state index in [0.29, 0.717) is 5.75 Å². The first-order chi connectivity index (χ1) is 15.3. The molecular formula is C23H19F3N2O4. The molecule has 0 aliphatic rings. The third-order valence-electron chi connectivity index (χ3n) is 4.17. The van der Waals surface area contributed by atoms with Gasteiger partial charge >= 0.3 is 18.2 Å². The second-order valence-electron chi connectivity index (χ2n) is 6.50. The Kier molecular flexibility index (Phi) is 7.33. The molecule has 0 aromatic heterocycles. The molecule has 0 aliphatic heterocycles. The number of carbonyl (C=O) groups is 2. The lowest BCUT2D eigenvalue weighted by Crippen LogP contribution is -2.22. The summed E-state index contributed by atoms with van der Waals surface area (Å²) in [6, 6.07) is 18.5. The Morgan fingerprint density at radius 1 is 0.812 bits per heavy atom. The van der Waals surface area contributed by atoms with Crippen LogP contribution in [0.1, 0.15) is 15.9 Å². The van der Waals surface area contributed by atoms with Crippen LogP contribution >= 0.6 is 0 Å². The van der Waals surface area contributed by atoms with Gasteiger partial charge in [0.25, 0.3) is 0 Å². The molecule has 2 amide bonds. The highest BCUT2D eigenvalue weighted by molar-refractivity contribution is 6.05. The average molecular weight is 444 g/mol. The van der Waals surface area contributed by atoms with E-state index in [9.17, 15) is 22.8 Å². The maximum atomic E-state index is 12.8. The molecule has 3 rings (SSSR count). The zero-order valence-corrected chi connectivity index (χ0v) is 16.7. The zero-order valence-electron chi connectivity index (χ0n) is 16.7. The number of hydrogen-bond acceptors (Lipinski definition) is 4. The van der Waals surface area contributed by atoms with Gasteiger partial charge in [-0.2, -0.15) is 13.2 Å². The summed E-state index contributed by atoms with van der Waals surface area (Å²) >= 11 is 0. The molecule has 0 atom stereocenters. The van der Waals surface area contributed by atoms with Gasteiger partial charge in [0.2, 0.25) is 0 Å². The van der Waals surface area contributed by atoms with E-state index in [1.54, 1.807) is 24.3 Å². The van der Waals surface area contributed by atoms with Crippen molar-refractivity contribution in [2.75, 3.05) is 23.8 Å². The Morgan fingerprint density at radius 2 is 1.53 bits per heavy atom. The van der Waals surface area contributed by atoms with E-state index in [0.717, 1.165) is 12.1 Å². The number of carbonyl (C=O) groups excluding carboxylic acids is 2. The second kappa shape index (κ2) is 10.3. The van der Waals surface area contributed by atoms with Crippen LogP contribution in [-0.4, -0.2) is 25.2 Å². The normalized spacial score (nSPS) is 10.8.